The van der Waals surface area contributed by atoms with Crippen LogP contribution in [0.1, 0.15) is 5.56 Å². The van der Waals surface area contributed by atoms with Crippen molar-refractivity contribution in [2.45, 2.75) is 0 Å². The van der Waals surface area contributed by atoms with E-state index in [1.54, 1.807) is 18.2 Å². The molecule has 0 aliphatic carbocycles. The Balaban J connectivity index is 1.71. The fourth-order valence-corrected chi connectivity index (χ4v) is 3.36. The molecule has 1 aliphatic heterocycles. The molecule has 7 heteroatoms. The number of aromatic hydroxyl groups is 1. The Hall–Kier alpha value is -2.25. The number of phenolic OH excluding ortho intramolecular Hbond substituents is 1. The molecule has 5 nitrogen and oxygen atoms in total. The van der Waals surface area contributed by atoms with Crippen molar-refractivity contribution in [3.8, 4) is 5.75 Å². The number of phenols is 1. The molecule has 2 N–H and O–H groups in total. The van der Waals surface area contributed by atoms with E-state index in [-0.39, 0.29) is 23.6 Å². The van der Waals surface area contributed by atoms with E-state index in [0.29, 0.717) is 4.91 Å². The first-order chi connectivity index (χ1) is 11.5. The minimum absolute atomic E-state index is 0.105. The number of carbonyl (C=O) groups excluding carboxylic acids is 2. The van der Waals surface area contributed by atoms with Gasteiger partial charge >= 0.3 is 0 Å². The first-order valence-corrected chi connectivity index (χ1v) is 8.68. The number of nitrogens with one attached hydrogen (secondary N) is 1. The van der Waals surface area contributed by atoms with E-state index in [1.165, 1.54) is 12.1 Å². The largest absolute Gasteiger partial charge is 0.508 e. The molecule has 0 atom stereocenters. The molecule has 0 radical (unpaired) electrons. The Bertz CT molecular complexity index is 821. The lowest BCUT2D eigenvalue weighted by atomic mass is 10.2. The van der Waals surface area contributed by atoms with Crippen LogP contribution in [-0.4, -0.2) is 27.8 Å². The van der Waals surface area contributed by atoms with Gasteiger partial charge in [0.05, 0.1) is 11.6 Å². The summed E-state index contributed by atoms with van der Waals surface area (Å²) in [5, 5.41) is 12.0. The Kier molecular flexibility index (Phi) is 4.92. The smallest absolute Gasteiger partial charge is 0.295 e. The summed E-state index contributed by atoms with van der Waals surface area (Å²) in [4.78, 5) is 26.0. The van der Waals surface area contributed by atoms with Crippen LogP contribution in [0, 0.1) is 0 Å². The van der Waals surface area contributed by atoms with Crippen molar-refractivity contribution in [3.63, 3.8) is 0 Å². The van der Waals surface area contributed by atoms with Crippen LogP contribution in [0.15, 0.2) is 57.9 Å². The Morgan fingerprint density at radius 1 is 1.17 bits per heavy atom. The van der Waals surface area contributed by atoms with Crippen molar-refractivity contribution in [2.75, 3.05) is 12.0 Å². The summed E-state index contributed by atoms with van der Waals surface area (Å²) in [5.41, 5.74) is 1.56. The van der Waals surface area contributed by atoms with Gasteiger partial charge in [-0.15, -0.1) is 0 Å². The molecule has 1 saturated heterocycles. The lowest BCUT2D eigenvalue weighted by molar-refractivity contribution is -0.122. The second-order valence-corrected chi connectivity index (χ2v) is 6.96. The number of rotatable bonds is 4. The Morgan fingerprint density at radius 3 is 2.62 bits per heavy atom. The van der Waals surface area contributed by atoms with Gasteiger partial charge in [0.15, 0.2) is 0 Å². The van der Waals surface area contributed by atoms with Gasteiger partial charge in [-0.05, 0) is 53.7 Å². The number of hydrogen-bond acceptors (Lipinski definition) is 5. The standard InChI is InChI=1S/C17H13BrN2O3S/c18-12-2-1-3-13(9-12)19-10-20-16(22)15(24-17(20)23)8-11-4-6-14(21)7-5-11/h1-9,19,21H,10H2/b15-8+. The third-order valence-electron chi connectivity index (χ3n) is 3.33. The molecule has 0 bridgehead atoms. The molecule has 0 aromatic heterocycles. The van der Waals surface area contributed by atoms with Crippen LogP contribution >= 0.6 is 27.7 Å². The zero-order valence-electron chi connectivity index (χ0n) is 12.4. The summed E-state index contributed by atoms with van der Waals surface area (Å²) < 4.78 is 0.911. The maximum atomic E-state index is 12.4. The summed E-state index contributed by atoms with van der Waals surface area (Å²) >= 11 is 4.28. The predicted molar refractivity (Wildman–Crippen MR) is 98.5 cm³/mol. The lowest BCUT2D eigenvalue weighted by Crippen LogP contribution is -2.33. The van der Waals surface area contributed by atoms with Gasteiger partial charge in [0.2, 0.25) is 0 Å². The van der Waals surface area contributed by atoms with E-state index >= 15 is 0 Å². The van der Waals surface area contributed by atoms with E-state index in [1.807, 2.05) is 24.3 Å². The maximum absolute atomic E-state index is 12.4. The first kappa shape index (κ1) is 16.6. The van der Waals surface area contributed by atoms with Gasteiger partial charge in [0.25, 0.3) is 11.1 Å². The number of halogens is 1. The second kappa shape index (κ2) is 7.11. The number of anilines is 1. The fraction of sp³-hybridized carbons (Fsp3) is 0.0588. The van der Waals surface area contributed by atoms with Crippen LogP contribution in [0.4, 0.5) is 10.5 Å². The maximum Gasteiger partial charge on any atom is 0.295 e. The summed E-state index contributed by atoms with van der Waals surface area (Å²) in [6.07, 6.45) is 1.64. The Labute approximate surface area is 151 Å². The average molecular weight is 405 g/mol. The van der Waals surface area contributed by atoms with E-state index < -0.39 is 0 Å². The highest BCUT2D eigenvalue weighted by atomic mass is 79.9. The van der Waals surface area contributed by atoms with Gasteiger partial charge in [-0.1, -0.05) is 34.1 Å². The highest BCUT2D eigenvalue weighted by molar-refractivity contribution is 9.10. The van der Waals surface area contributed by atoms with Crippen LogP contribution in [0.25, 0.3) is 6.08 Å². The van der Waals surface area contributed by atoms with Crippen LogP contribution in [0.5, 0.6) is 5.75 Å². The van der Waals surface area contributed by atoms with Crippen LogP contribution in [0.2, 0.25) is 0 Å². The molecule has 0 unspecified atom stereocenters. The van der Waals surface area contributed by atoms with Crippen molar-refractivity contribution in [3.05, 3.63) is 63.5 Å². The zero-order valence-corrected chi connectivity index (χ0v) is 14.8. The van der Waals surface area contributed by atoms with Gasteiger partial charge < -0.3 is 10.4 Å². The Morgan fingerprint density at radius 2 is 1.92 bits per heavy atom. The topological polar surface area (TPSA) is 69.6 Å². The third-order valence-corrected chi connectivity index (χ3v) is 4.73. The van der Waals surface area contributed by atoms with Crippen molar-refractivity contribution in [2.24, 2.45) is 0 Å². The van der Waals surface area contributed by atoms with Gasteiger partial charge in [-0.3, -0.25) is 14.5 Å². The SMILES string of the molecule is O=C1S/C(=C/c2ccc(O)cc2)C(=O)N1CNc1cccc(Br)c1. The molecule has 2 aromatic rings. The van der Waals surface area contributed by atoms with Crippen LogP contribution < -0.4 is 5.32 Å². The molecule has 3 rings (SSSR count). The lowest BCUT2D eigenvalue weighted by Gasteiger charge is -2.14. The number of thioether (sulfide) groups is 1. The highest BCUT2D eigenvalue weighted by Crippen LogP contribution is 2.32. The summed E-state index contributed by atoms with van der Waals surface area (Å²) in [6.45, 7) is 0.105. The van der Waals surface area contributed by atoms with E-state index in [2.05, 4.69) is 21.2 Å². The average Bonchev–Trinajstić information content (AvgIpc) is 2.82. The number of benzene rings is 2. The normalized spacial score (nSPS) is 16.0. The molecular weight excluding hydrogens is 392 g/mol. The van der Waals surface area contributed by atoms with Crippen LogP contribution in [0.3, 0.4) is 0 Å². The first-order valence-electron chi connectivity index (χ1n) is 7.07. The summed E-state index contributed by atoms with van der Waals surface area (Å²) in [6, 6.07) is 13.9. The molecule has 2 aromatic carbocycles. The quantitative estimate of drug-likeness (QED) is 0.744. The van der Waals surface area contributed by atoms with Gasteiger partial charge in [0.1, 0.15) is 5.75 Å². The minimum atomic E-state index is -0.333. The number of hydrogen-bond donors (Lipinski definition) is 2. The van der Waals surface area contributed by atoms with Gasteiger partial charge in [-0.25, -0.2) is 0 Å². The van der Waals surface area contributed by atoms with E-state index in [9.17, 15) is 14.7 Å². The summed E-state index contributed by atoms with van der Waals surface area (Å²) in [5.74, 6) is -0.181. The predicted octanol–water partition coefficient (Wildman–Crippen LogP) is 4.26. The molecule has 1 heterocycles. The zero-order chi connectivity index (χ0) is 17.1. The van der Waals surface area contributed by atoms with Crippen molar-refractivity contribution >= 4 is 50.6 Å². The number of carbonyl (C=O) groups is 2. The molecule has 2 amide bonds. The van der Waals surface area contributed by atoms with Gasteiger partial charge in [-0.2, -0.15) is 0 Å². The fourth-order valence-electron chi connectivity index (χ4n) is 2.13. The molecule has 1 fully saturated rings. The molecule has 1 aliphatic rings. The minimum Gasteiger partial charge on any atom is -0.508 e. The highest BCUT2D eigenvalue weighted by Gasteiger charge is 2.34. The molecule has 24 heavy (non-hydrogen) atoms. The molecule has 122 valence electrons. The van der Waals surface area contributed by atoms with E-state index in [0.717, 1.165) is 32.4 Å². The molecular formula is C17H13BrN2O3S. The monoisotopic (exact) mass is 404 g/mol. The summed E-state index contributed by atoms with van der Waals surface area (Å²) in [7, 11) is 0. The number of nitrogens with zero attached hydrogens (tertiary/aromatic N) is 1. The second-order valence-electron chi connectivity index (χ2n) is 5.05. The van der Waals surface area contributed by atoms with Crippen molar-refractivity contribution in [1.82, 2.24) is 4.90 Å². The molecule has 0 spiro atoms. The van der Waals surface area contributed by atoms with E-state index in [4.69, 9.17) is 0 Å². The number of imide groups is 1. The van der Waals surface area contributed by atoms with Crippen LogP contribution in [-0.2, 0) is 4.79 Å². The van der Waals surface area contributed by atoms with Crippen molar-refractivity contribution in [1.29, 1.82) is 0 Å². The molecule has 0 saturated carbocycles. The van der Waals surface area contributed by atoms with Crippen molar-refractivity contribution < 1.29 is 14.7 Å². The number of amides is 2. The third kappa shape index (κ3) is 3.80. The van der Waals surface area contributed by atoms with Gasteiger partial charge in [0, 0.05) is 10.2 Å².